The molecule has 2 heterocycles. The summed E-state index contributed by atoms with van der Waals surface area (Å²) in [5, 5.41) is 3.67. The van der Waals surface area contributed by atoms with Gasteiger partial charge in [0.25, 0.3) is 0 Å². The van der Waals surface area contributed by atoms with E-state index in [9.17, 15) is 13.2 Å². The molecular formula is C18H17NO3S3. The van der Waals surface area contributed by atoms with Crippen molar-refractivity contribution in [2.24, 2.45) is 0 Å². The smallest absolute Gasteiger partial charge is 0.241 e. The Kier molecular flexibility index (Phi) is 5.19. The summed E-state index contributed by atoms with van der Waals surface area (Å²) in [6.45, 7) is 3.87. The van der Waals surface area contributed by atoms with Crippen molar-refractivity contribution in [3.05, 3.63) is 73.6 Å². The zero-order valence-electron chi connectivity index (χ0n) is 13.8. The van der Waals surface area contributed by atoms with Gasteiger partial charge in [-0.2, -0.15) is 11.3 Å². The maximum atomic E-state index is 12.5. The Balaban J connectivity index is 1.72. The Morgan fingerprint density at radius 1 is 1.12 bits per heavy atom. The average Bonchev–Trinajstić information content (AvgIpc) is 3.24. The van der Waals surface area contributed by atoms with Gasteiger partial charge in [0.2, 0.25) is 15.8 Å². The first-order valence-electron chi connectivity index (χ1n) is 7.59. The zero-order valence-corrected chi connectivity index (χ0v) is 16.2. The van der Waals surface area contributed by atoms with Gasteiger partial charge in [0.05, 0.1) is 9.77 Å². The van der Waals surface area contributed by atoms with Gasteiger partial charge in [-0.25, -0.2) is 13.1 Å². The van der Waals surface area contributed by atoms with Gasteiger partial charge in [-0.1, -0.05) is 17.7 Å². The van der Waals surface area contributed by atoms with Crippen molar-refractivity contribution in [1.82, 2.24) is 4.72 Å². The molecule has 0 radical (unpaired) electrons. The lowest BCUT2D eigenvalue weighted by atomic mass is 10.2. The van der Waals surface area contributed by atoms with E-state index in [0.29, 0.717) is 16.0 Å². The van der Waals surface area contributed by atoms with Crippen molar-refractivity contribution in [3.63, 3.8) is 0 Å². The summed E-state index contributed by atoms with van der Waals surface area (Å²) in [6, 6.07) is 10.6. The highest BCUT2D eigenvalue weighted by molar-refractivity contribution is 7.89. The summed E-state index contributed by atoms with van der Waals surface area (Å²) in [5.41, 5.74) is 2.40. The Bertz CT molecular complexity index is 1000. The summed E-state index contributed by atoms with van der Waals surface area (Å²) in [7, 11) is -3.59. The van der Waals surface area contributed by atoms with Gasteiger partial charge in [-0.3, -0.25) is 4.79 Å². The Morgan fingerprint density at radius 2 is 1.92 bits per heavy atom. The number of carbonyl (C=O) groups excluding carboxylic acids is 1. The fourth-order valence-electron chi connectivity index (χ4n) is 2.48. The third-order valence-corrected chi connectivity index (χ3v) is 7.05. The highest BCUT2D eigenvalue weighted by atomic mass is 32.2. The van der Waals surface area contributed by atoms with Crippen LogP contribution in [0.3, 0.4) is 0 Å². The van der Waals surface area contributed by atoms with E-state index < -0.39 is 10.0 Å². The number of hydrogen-bond acceptors (Lipinski definition) is 5. The molecule has 0 aliphatic rings. The van der Waals surface area contributed by atoms with Crippen molar-refractivity contribution in [2.75, 3.05) is 0 Å². The highest BCUT2D eigenvalue weighted by Gasteiger charge is 2.18. The fourth-order valence-corrected chi connectivity index (χ4v) is 5.34. The first-order valence-corrected chi connectivity index (χ1v) is 10.8. The zero-order chi connectivity index (χ0) is 18.0. The molecule has 3 rings (SSSR count). The molecule has 0 bridgehead atoms. The first kappa shape index (κ1) is 18.0. The monoisotopic (exact) mass is 391 g/mol. The molecule has 25 heavy (non-hydrogen) atoms. The third kappa shape index (κ3) is 4.07. The molecule has 0 saturated heterocycles. The number of nitrogens with one attached hydrogen (secondary N) is 1. The van der Waals surface area contributed by atoms with E-state index >= 15 is 0 Å². The topological polar surface area (TPSA) is 63.2 Å². The molecule has 0 unspecified atom stereocenters. The Hall–Kier alpha value is -1.80. The molecule has 1 aromatic carbocycles. The lowest BCUT2D eigenvalue weighted by Gasteiger charge is -2.09. The van der Waals surface area contributed by atoms with E-state index in [-0.39, 0.29) is 17.2 Å². The van der Waals surface area contributed by atoms with Crippen molar-refractivity contribution >= 4 is 38.5 Å². The van der Waals surface area contributed by atoms with Crippen LogP contribution in [0.2, 0.25) is 0 Å². The number of benzene rings is 1. The summed E-state index contributed by atoms with van der Waals surface area (Å²) < 4.78 is 27.6. The second-order valence-electron chi connectivity index (χ2n) is 5.70. The van der Waals surface area contributed by atoms with Gasteiger partial charge in [-0.05, 0) is 49.1 Å². The standard InChI is InChI=1S/C18H17NO3S3/c1-12-3-6-17(13(2)9-12)25(21,22)19-10-15-4-5-16(24-15)18(20)14-7-8-23-11-14/h3-9,11,19H,10H2,1-2H3. The molecule has 0 spiro atoms. The first-order chi connectivity index (χ1) is 11.9. The summed E-state index contributed by atoms with van der Waals surface area (Å²) in [5.74, 6) is -0.0327. The molecular weight excluding hydrogens is 374 g/mol. The van der Waals surface area contributed by atoms with Crippen LogP contribution in [0, 0.1) is 13.8 Å². The third-order valence-electron chi connectivity index (χ3n) is 3.73. The van der Waals surface area contributed by atoms with Gasteiger partial charge in [-0.15, -0.1) is 11.3 Å². The van der Waals surface area contributed by atoms with E-state index in [4.69, 9.17) is 0 Å². The number of aryl methyl sites for hydroxylation is 2. The van der Waals surface area contributed by atoms with Gasteiger partial charge < -0.3 is 0 Å². The minimum absolute atomic E-state index is 0.0327. The molecule has 4 nitrogen and oxygen atoms in total. The average molecular weight is 392 g/mol. The van der Waals surface area contributed by atoms with Crippen molar-refractivity contribution in [1.29, 1.82) is 0 Å². The molecule has 0 aliphatic carbocycles. The van der Waals surface area contributed by atoms with Gasteiger partial charge in [0, 0.05) is 22.4 Å². The van der Waals surface area contributed by atoms with Crippen LogP contribution in [-0.2, 0) is 16.6 Å². The van der Waals surface area contributed by atoms with Crippen LogP contribution in [0.25, 0.3) is 0 Å². The minimum atomic E-state index is -3.59. The second-order valence-corrected chi connectivity index (χ2v) is 9.38. The maximum Gasteiger partial charge on any atom is 0.241 e. The van der Waals surface area contributed by atoms with Crippen LogP contribution in [0.15, 0.2) is 52.1 Å². The number of carbonyl (C=O) groups is 1. The number of thiophene rings is 2. The van der Waals surface area contributed by atoms with Gasteiger partial charge in [0.15, 0.2) is 0 Å². The molecule has 0 fully saturated rings. The Morgan fingerprint density at radius 3 is 2.60 bits per heavy atom. The largest absolute Gasteiger partial charge is 0.288 e. The van der Waals surface area contributed by atoms with E-state index in [0.717, 1.165) is 10.4 Å². The predicted molar refractivity (Wildman–Crippen MR) is 102 cm³/mol. The summed E-state index contributed by atoms with van der Waals surface area (Å²) in [6.07, 6.45) is 0. The molecule has 0 atom stereocenters. The van der Waals surface area contributed by atoms with Crippen molar-refractivity contribution < 1.29 is 13.2 Å². The van der Waals surface area contributed by atoms with Gasteiger partial charge >= 0.3 is 0 Å². The van der Waals surface area contributed by atoms with Crippen LogP contribution in [0.4, 0.5) is 0 Å². The lowest BCUT2D eigenvalue weighted by molar-refractivity contribution is 0.104. The fraction of sp³-hybridized carbons (Fsp3) is 0.167. The van der Waals surface area contributed by atoms with Gasteiger partial charge in [0.1, 0.15) is 0 Å². The SMILES string of the molecule is Cc1ccc(S(=O)(=O)NCc2ccc(C(=O)c3ccsc3)s2)c(C)c1. The molecule has 1 N–H and O–H groups in total. The highest BCUT2D eigenvalue weighted by Crippen LogP contribution is 2.22. The molecule has 130 valence electrons. The number of rotatable bonds is 6. The van der Waals surface area contributed by atoms with Crippen LogP contribution >= 0.6 is 22.7 Å². The normalized spacial score (nSPS) is 11.6. The van der Waals surface area contributed by atoms with Crippen LogP contribution in [0.1, 0.15) is 31.2 Å². The number of sulfonamides is 1. The van der Waals surface area contributed by atoms with E-state index in [2.05, 4.69) is 4.72 Å². The van der Waals surface area contributed by atoms with E-state index in [1.54, 1.807) is 37.3 Å². The molecule has 0 saturated carbocycles. The Labute approximate surface area is 155 Å². The van der Waals surface area contributed by atoms with Crippen LogP contribution in [-0.4, -0.2) is 14.2 Å². The van der Waals surface area contributed by atoms with E-state index in [1.807, 2.05) is 23.8 Å². The predicted octanol–water partition coefficient (Wildman–Crippen LogP) is 4.14. The molecule has 0 aliphatic heterocycles. The van der Waals surface area contributed by atoms with E-state index in [1.165, 1.54) is 22.7 Å². The number of ketones is 1. The minimum Gasteiger partial charge on any atom is -0.288 e. The molecule has 3 aromatic rings. The molecule has 7 heteroatoms. The molecule has 0 amide bonds. The quantitative estimate of drug-likeness (QED) is 0.643. The van der Waals surface area contributed by atoms with Crippen LogP contribution < -0.4 is 4.72 Å². The number of hydrogen-bond donors (Lipinski definition) is 1. The maximum absolute atomic E-state index is 12.5. The second kappa shape index (κ2) is 7.21. The van der Waals surface area contributed by atoms with Crippen molar-refractivity contribution in [2.45, 2.75) is 25.3 Å². The molecule has 2 aromatic heterocycles. The summed E-state index contributed by atoms with van der Waals surface area (Å²) >= 11 is 2.78. The van der Waals surface area contributed by atoms with Crippen LogP contribution in [0.5, 0.6) is 0 Å². The van der Waals surface area contributed by atoms with Crippen molar-refractivity contribution in [3.8, 4) is 0 Å². The lowest BCUT2D eigenvalue weighted by Crippen LogP contribution is -2.23. The summed E-state index contributed by atoms with van der Waals surface area (Å²) in [4.78, 5) is 14.0.